The normalized spacial score (nSPS) is 9.94. The number of carbonyl (C=O) groups is 1. The van der Waals surface area contributed by atoms with Crippen molar-refractivity contribution in [1.82, 2.24) is 0 Å². The Morgan fingerprint density at radius 2 is 2.00 bits per heavy atom. The van der Waals surface area contributed by atoms with Gasteiger partial charge >= 0.3 is 5.97 Å². The predicted octanol–water partition coefficient (Wildman–Crippen LogP) is 2.60. The molecule has 0 aliphatic rings. The minimum Gasteiger partial charge on any atom is -0.461 e. The summed E-state index contributed by atoms with van der Waals surface area (Å²) >= 11 is 0. The lowest BCUT2D eigenvalue weighted by Crippen LogP contribution is -2.21. The fourth-order valence-electron chi connectivity index (χ4n) is 1.62. The van der Waals surface area contributed by atoms with Gasteiger partial charge in [-0.25, -0.2) is 0 Å². The molecular weight excluding hydrogens is 202 g/mol. The first-order chi connectivity index (χ1) is 7.67. The van der Waals surface area contributed by atoms with E-state index in [9.17, 15) is 4.79 Å². The van der Waals surface area contributed by atoms with Crippen molar-refractivity contribution in [3.05, 3.63) is 29.8 Å². The summed E-state index contributed by atoms with van der Waals surface area (Å²) in [4.78, 5) is 13.0. The number of anilines is 1. The van der Waals surface area contributed by atoms with Crippen molar-refractivity contribution >= 4 is 11.7 Å². The molecule has 3 nitrogen and oxygen atoms in total. The average molecular weight is 221 g/mol. The van der Waals surface area contributed by atoms with E-state index in [4.69, 9.17) is 4.74 Å². The fraction of sp³-hybridized carbons (Fsp3) is 0.462. The lowest BCUT2D eigenvalue weighted by atomic mass is 10.2. The monoisotopic (exact) mass is 221 g/mol. The number of ether oxygens (including phenoxy) is 1. The van der Waals surface area contributed by atoms with Crippen molar-refractivity contribution in [2.75, 3.05) is 18.0 Å². The molecule has 1 aromatic carbocycles. The highest BCUT2D eigenvalue weighted by Crippen LogP contribution is 2.16. The highest BCUT2D eigenvalue weighted by molar-refractivity contribution is 5.66. The summed E-state index contributed by atoms with van der Waals surface area (Å²) in [5.74, 6) is -0.242. The molecule has 0 saturated heterocycles. The van der Waals surface area contributed by atoms with Gasteiger partial charge in [-0.05, 0) is 31.5 Å². The summed E-state index contributed by atoms with van der Waals surface area (Å²) in [6.07, 6.45) is 0. The van der Waals surface area contributed by atoms with Crippen LogP contribution in [0.25, 0.3) is 0 Å². The van der Waals surface area contributed by atoms with Crippen LogP contribution in [0.1, 0.15) is 26.3 Å². The first kappa shape index (κ1) is 12.6. The van der Waals surface area contributed by atoms with E-state index < -0.39 is 0 Å². The van der Waals surface area contributed by atoms with Crippen molar-refractivity contribution in [1.29, 1.82) is 0 Å². The molecule has 0 unspecified atom stereocenters. The SMILES string of the molecule is CCN(CC)c1cccc(COC(C)=O)c1. The van der Waals surface area contributed by atoms with Crippen LogP contribution in [-0.2, 0) is 16.1 Å². The van der Waals surface area contributed by atoms with Gasteiger partial charge in [0, 0.05) is 25.7 Å². The number of hydrogen-bond donors (Lipinski definition) is 0. The quantitative estimate of drug-likeness (QED) is 0.716. The van der Waals surface area contributed by atoms with Gasteiger partial charge in [-0.2, -0.15) is 0 Å². The van der Waals surface area contributed by atoms with Gasteiger partial charge in [-0.15, -0.1) is 0 Å². The Balaban J connectivity index is 2.73. The topological polar surface area (TPSA) is 29.5 Å². The maximum absolute atomic E-state index is 10.7. The molecule has 1 rings (SSSR count). The van der Waals surface area contributed by atoms with Crippen molar-refractivity contribution in [2.24, 2.45) is 0 Å². The third kappa shape index (κ3) is 3.57. The van der Waals surface area contributed by atoms with Crippen molar-refractivity contribution in [3.63, 3.8) is 0 Å². The average Bonchev–Trinajstić information content (AvgIpc) is 2.29. The van der Waals surface area contributed by atoms with E-state index in [0.717, 1.165) is 18.7 Å². The molecule has 0 heterocycles. The van der Waals surface area contributed by atoms with Gasteiger partial charge in [-0.1, -0.05) is 12.1 Å². The second-order valence-corrected chi connectivity index (χ2v) is 3.62. The number of benzene rings is 1. The Labute approximate surface area is 97.0 Å². The van der Waals surface area contributed by atoms with Gasteiger partial charge in [0.15, 0.2) is 0 Å². The summed E-state index contributed by atoms with van der Waals surface area (Å²) in [6.45, 7) is 7.99. The third-order valence-corrected chi connectivity index (χ3v) is 2.48. The summed E-state index contributed by atoms with van der Waals surface area (Å²) in [7, 11) is 0. The Morgan fingerprint density at radius 3 is 2.56 bits per heavy atom. The number of nitrogens with zero attached hydrogens (tertiary/aromatic N) is 1. The van der Waals surface area contributed by atoms with Gasteiger partial charge in [0.25, 0.3) is 0 Å². The van der Waals surface area contributed by atoms with Crippen molar-refractivity contribution in [2.45, 2.75) is 27.4 Å². The van der Waals surface area contributed by atoms with Crippen LogP contribution in [0.3, 0.4) is 0 Å². The molecule has 0 fully saturated rings. The largest absolute Gasteiger partial charge is 0.461 e. The maximum atomic E-state index is 10.7. The molecule has 0 spiro atoms. The summed E-state index contributed by atoms with van der Waals surface area (Å²) in [6, 6.07) is 8.10. The maximum Gasteiger partial charge on any atom is 0.302 e. The van der Waals surface area contributed by atoms with E-state index in [1.807, 2.05) is 12.1 Å². The molecule has 0 aromatic heterocycles. The zero-order valence-electron chi connectivity index (χ0n) is 10.2. The van der Waals surface area contributed by atoms with Crippen LogP contribution in [0.4, 0.5) is 5.69 Å². The highest BCUT2D eigenvalue weighted by Gasteiger charge is 2.03. The Kier molecular flexibility index (Phi) is 4.83. The minimum atomic E-state index is -0.242. The zero-order valence-corrected chi connectivity index (χ0v) is 10.2. The fourth-order valence-corrected chi connectivity index (χ4v) is 1.62. The van der Waals surface area contributed by atoms with Crippen LogP contribution in [-0.4, -0.2) is 19.1 Å². The summed E-state index contributed by atoms with van der Waals surface area (Å²) < 4.78 is 4.97. The van der Waals surface area contributed by atoms with Crippen LogP contribution in [0.15, 0.2) is 24.3 Å². The Hall–Kier alpha value is -1.51. The standard InChI is InChI=1S/C13H19NO2/c1-4-14(5-2)13-8-6-7-12(9-13)10-16-11(3)15/h6-9H,4-5,10H2,1-3H3. The molecule has 0 amide bonds. The zero-order chi connectivity index (χ0) is 12.0. The first-order valence-corrected chi connectivity index (χ1v) is 5.64. The van der Waals surface area contributed by atoms with Crippen LogP contribution >= 0.6 is 0 Å². The lowest BCUT2D eigenvalue weighted by molar-refractivity contribution is -0.142. The highest BCUT2D eigenvalue weighted by atomic mass is 16.5. The van der Waals surface area contributed by atoms with E-state index in [1.54, 1.807) is 0 Å². The minimum absolute atomic E-state index is 0.242. The van der Waals surface area contributed by atoms with Crippen LogP contribution in [0.5, 0.6) is 0 Å². The second-order valence-electron chi connectivity index (χ2n) is 3.62. The Bertz CT molecular complexity index is 346. The molecule has 3 heteroatoms. The van der Waals surface area contributed by atoms with Gasteiger partial charge in [0.05, 0.1) is 0 Å². The van der Waals surface area contributed by atoms with Crippen LogP contribution in [0.2, 0.25) is 0 Å². The van der Waals surface area contributed by atoms with E-state index >= 15 is 0 Å². The van der Waals surface area contributed by atoms with E-state index in [2.05, 4.69) is 30.9 Å². The van der Waals surface area contributed by atoms with Gasteiger partial charge in [0.1, 0.15) is 6.61 Å². The summed E-state index contributed by atoms with van der Waals surface area (Å²) in [5.41, 5.74) is 2.20. The number of esters is 1. The molecule has 88 valence electrons. The first-order valence-electron chi connectivity index (χ1n) is 5.64. The number of rotatable bonds is 5. The van der Waals surface area contributed by atoms with E-state index in [0.29, 0.717) is 6.61 Å². The van der Waals surface area contributed by atoms with Crippen molar-refractivity contribution < 1.29 is 9.53 Å². The molecule has 0 aliphatic carbocycles. The molecule has 1 aromatic rings. The summed E-state index contributed by atoms with van der Waals surface area (Å²) in [5, 5.41) is 0. The van der Waals surface area contributed by atoms with E-state index in [-0.39, 0.29) is 5.97 Å². The molecule has 0 saturated carbocycles. The van der Waals surface area contributed by atoms with Gasteiger partial charge in [-0.3, -0.25) is 4.79 Å². The molecular formula is C13H19NO2. The molecule has 0 bridgehead atoms. The second kappa shape index (κ2) is 6.16. The lowest BCUT2D eigenvalue weighted by Gasteiger charge is -2.21. The van der Waals surface area contributed by atoms with E-state index in [1.165, 1.54) is 12.6 Å². The smallest absolute Gasteiger partial charge is 0.302 e. The number of hydrogen-bond acceptors (Lipinski definition) is 3. The predicted molar refractivity (Wildman–Crippen MR) is 65.5 cm³/mol. The van der Waals surface area contributed by atoms with Crippen molar-refractivity contribution in [3.8, 4) is 0 Å². The van der Waals surface area contributed by atoms with Crippen LogP contribution in [0, 0.1) is 0 Å². The van der Waals surface area contributed by atoms with Gasteiger partial charge < -0.3 is 9.64 Å². The number of carbonyl (C=O) groups excluding carboxylic acids is 1. The molecule has 0 N–H and O–H groups in total. The Morgan fingerprint density at radius 1 is 1.31 bits per heavy atom. The molecule has 16 heavy (non-hydrogen) atoms. The molecule has 0 radical (unpaired) electrons. The van der Waals surface area contributed by atoms with Gasteiger partial charge in [0.2, 0.25) is 0 Å². The molecule has 0 aliphatic heterocycles. The third-order valence-electron chi connectivity index (χ3n) is 2.48. The van der Waals surface area contributed by atoms with Crippen LogP contribution < -0.4 is 4.90 Å². The molecule has 0 atom stereocenters.